The first-order valence-electron chi connectivity index (χ1n) is 12.7. The lowest BCUT2D eigenvalue weighted by Crippen LogP contribution is -2.31. The Morgan fingerprint density at radius 3 is 2.58 bits per heavy atom. The number of halogens is 1. The number of ether oxygens (including phenoxy) is 1. The van der Waals surface area contributed by atoms with Crippen molar-refractivity contribution in [3.63, 3.8) is 0 Å². The smallest absolute Gasteiger partial charge is 0.296 e. The van der Waals surface area contributed by atoms with E-state index in [1.54, 1.807) is 17.5 Å². The van der Waals surface area contributed by atoms with Crippen LogP contribution in [-0.2, 0) is 10.5 Å². The van der Waals surface area contributed by atoms with Crippen molar-refractivity contribution in [1.29, 1.82) is 0 Å². The van der Waals surface area contributed by atoms with E-state index in [0.717, 1.165) is 24.8 Å². The molecule has 1 unspecified atom stereocenters. The molecule has 1 amide bonds. The van der Waals surface area contributed by atoms with Crippen molar-refractivity contribution >= 4 is 62.9 Å². The van der Waals surface area contributed by atoms with Gasteiger partial charge in [-0.2, -0.15) is 0 Å². The summed E-state index contributed by atoms with van der Waals surface area (Å²) in [6.07, 6.45) is 3.17. The maximum atomic E-state index is 13.5. The lowest BCUT2D eigenvalue weighted by Gasteiger charge is -2.24. The summed E-state index contributed by atoms with van der Waals surface area (Å²) in [5, 5.41) is 22.3. The average molecular weight is 612 g/mol. The number of thiophene rings is 1. The van der Waals surface area contributed by atoms with Gasteiger partial charge in [0.1, 0.15) is 5.75 Å². The number of aromatic nitrogens is 2. The number of rotatable bonds is 12. The molecular formula is C29H26ClN3O4S3. The summed E-state index contributed by atoms with van der Waals surface area (Å²) in [5.41, 5.74) is 1.75. The first kappa shape index (κ1) is 28.4. The van der Waals surface area contributed by atoms with Gasteiger partial charge in [-0.05, 0) is 53.3 Å². The normalized spacial score (nSPS) is 15.2. The SMILES string of the molecule is CCCCCOc1ccc(C2C(C(=O)c3cccs3)=C(O)C(=O)N2c2nnc(SCc3ccc(Cl)cc3)s2)cc1. The number of ketones is 1. The second-order valence-electron chi connectivity index (χ2n) is 9.04. The van der Waals surface area contributed by atoms with Crippen LogP contribution in [0.5, 0.6) is 5.75 Å². The second-order valence-corrected chi connectivity index (χ2v) is 12.6. The number of thioether (sulfide) groups is 1. The molecule has 4 aromatic rings. The van der Waals surface area contributed by atoms with Gasteiger partial charge in [-0.3, -0.25) is 14.5 Å². The van der Waals surface area contributed by atoms with Crippen LogP contribution in [0.4, 0.5) is 5.13 Å². The molecule has 1 N–H and O–H groups in total. The predicted octanol–water partition coefficient (Wildman–Crippen LogP) is 7.90. The van der Waals surface area contributed by atoms with Crippen molar-refractivity contribution in [2.75, 3.05) is 11.5 Å². The van der Waals surface area contributed by atoms with Gasteiger partial charge in [0.25, 0.3) is 5.91 Å². The third-order valence-corrected chi connectivity index (χ3v) is 9.54. The molecule has 0 fully saturated rings. The van der Waals surface area contributed by atoms with Gasteiger partial charge in [-0.15, -0.1) is 21.5 Å². The Bertz CT molecular complexity index is 1500. The van der Waals surface area contributed by atoms with E-state index in [0.29, 0.717) is 43.0 Å². The minimum absolute atomic E-state index is 0.0228. The molecule has 1 aliphatic rings. The number of nitrogens with zero attached hydrogens (tertiary/aromatic N) is 3. The Labute approximate surface area is 249 Å². The Morgan fingerprint density at radius 2 is 1.88 bits per heavy atom. The molecule has 11 heteroatoms. The number of hydrogen-bond donors (Lipinski definition) is 1. The van der Waals surface area contributed by atoms with E-state index in [-0.39, 0.29) is 5.57 Å². The molecule has 1 aliphatic heterocycles. The number of carbonyl (C=O) groups excluding carboxylic acids is 2. The summed E-state index contributed by atoms with van der Waals surface area (Å²) in [6, 6.07) is 17.4. The van der Waals surface area contributed by atoms with E-state index >= 15 is 0 Å². The maximum Gasteiger partial charge on any atom is 0.296 e. The molecule has 7 nitrogen and oxygen atoms in total. The summed E-state index contributed by atoms with van der Waals surface area (Å²) in [5.74, 6) is -0.305. The van der Waals surface area contributed by atoms with Crippen LogP contribution >= 0.6 is 46.0 Å². The highest BCUT2D eigenvalue weighted by Crippen LogP contribution is 2.44. The first-order valence-corrected chi connectivity index (χ1v) is 15.8. The fourth-order valence-electron chi connectivity index (χ4n) is 4.26. The Kier molecular flexibility index (Phi) is 9.21. The van der Waals surface area contributed by atoms with Crippen molar-refractivity contribution in [2.24, 2.45) is 0 Å². The standard InChI is InChI=1S/C29H26ClN3O4S3/c1-2-3-4-15-37-21-13-9-19(10-14-21)24-23(25(34)22-6-5-16-38-22)26(35)27(36)33(24)28-31-32-29(40-28)39-17-18-7-11-20(30)12-8-18/h5-14,16,24,35H,2-4,15,17H2,1H3. The van der Waals surface area contributed by atoms with E-state index in [9.17, 15) is 14.7 Å². The van der Waals surface area contributed by atoms with E-state index in [4.69, 9.17) is 16.3 Å². The van der Waals surface area contributed by atoms with Crippen LogP contribution in [0.15, 0.2) is 81.7 Å². The minimum atomic E-state index is -0.863. The Balaban J connectivity index is 1.43. The number of aliphatic hydroxyl groups is 1. The number of hydrogen-bond acceptors (Lipinski definition) is 9. The first-order chi connectivity index (χ1) is 19.5. The molecule has 0 spiro atoms. The number of amides is 1. The van der Waals surface area contributed by atoms with Gasteiger partial charge in [0.05, 0.1) is 23.1 Å². The summed E-state index contributed by atoms with van der Waals surface area (Å²) in [4.78, 5) is 28.8. The maximum absolute atomic E-state index is 13.5. The zero-order valence-electron chi connectivity index (χ0n) is 21.6. The molecule has 2 aromatic carbocycles. The van der Waals surface area contributed by atoms with Crippen LogP contribution in [0.3, 0.4) is 0 Å². The average Bonchev–Trinajstić information content (AvgIpc) is 3.72. The van der Waals surface area contributed by atoms with Gasteiger partial charge in [-0.1, -0.05) is 84.8 Å². The molecule has 0 bridgehead atoms. The highest BCUT2D eigenvalue weighted by atomic mass is 35.5. The third kappa shape index (κ3) is 6.25. The number of anilines is 1. The number of Topliss-reactive ketones (excluding diaryl/α,β-unsaturated/α-hetero) is 1. The molecule has 206 valence electrons. The van der Waals surface area contributed by atoms with Crippen LogP contribution in [0.25, 0.3) is 0 Å². The van der Waals surface area contributed by atoms with E-state index in [1.807, 2.05) is 48.5 Å². The summed E-state index contributed by atoms with van der Waals surface area (Å²) in [7, 11) is 0. The van der Waals surface area contributed by atoms with Crippen LogP contribution in [-0.4, -0.2) is 33.6 Å². The minimum Gasteiger partial charge on any atom is -0.503 e. The number of benzene rings is 2. The zero-order chi connectivity index (χ0) is 28.1. The molecule has 0 radical (unpaired) electrons. The fourth-order valence-corrected chi connectivity index (χ4v) is 6.89. The van der Waals surface area contributed by atoms with E-state index < -0.39 is 23.5 Å². The van der Waals surface area contributed by atoms with Gasteiger partial charge < -0.3 is 9.84 Å². The van der Waals surface area contributed by atoms with Gasteiger partial charge in [0.15, 0.2) is 10.1 Å². The third-order valence-electron chi connectivity index (χ3n) is 6.29. The van der Waals surface area contributed by atoms with E-state index in [1.165, 1.54) is 39.3 Å². The van der Waals surface area contributed by atoms with Crippen molar-refractivity contribution in [3.8, 4) is 5.75 Å². The molecule has 2 aromatic heterocycles. The molecule has 3 heterocycles. The molecule has 5 rings (SSSR count). The van der Waals surface area contributed by atoms with E-state index in [2.05, 4.69) is 17.1 Å². The van der Waals surface area contributed by atoms with Gasteiger partial charge >= 0.3 is 0 Å². The van der Waals surface area contributed by atoms with Crippen LogP contribution < -0.4 is 9.64 Å². The largest absolute Gasteiger partial charge is 0.503 e. The second kappa shape index (κ2) is 13.0. The molecule has 1 atom stereocenters. The summed E-state index contributed by atoms with van der Waals surface area (Å²) >= 11 is 9.96. The number of carbonyl (C=O) groups is 2. The highest BCUT2D eigenvalue weighted by molar-refractivity contribution is 8.00. The predicted molar refractivity (Wildman–Crippen MR) is 161 cm³/mol. The zero-order valence-corrected chi connectivity index (χ0v) is 24.8. The van der Waals surface area contributed by atoms with Crippen molar-refractivity contribution in [1.82, 2.24) is 10.2 Å². The lowest BCUT2D eigenvalue weighted by molar-refractivity contribution is -0.117. The number of aliphatic hydroxyl groups excluding tert-OH is 1. The van der Waals surface area contributed by atoms with Crippen LogP contribution in [0, 0.1) is 0 Å². The van der Waals surface area contributed by atoms with Gasteiger partial charge in [-0.25, -0.2) is 0 Å². The monoisotopic (exact) mass is 611 g/mol. The topological polar surface area (TPSA) is 92.6 Å². The molecule has 0 aliphatic carbocycles. The Hall–Kier alpha value is -3.18. The van der Waals surface area contributed by atoms with Gasteiger partial charge in [0, 0.05) is 10.8 Å². The van der Waals surface area contributed by atoms with Gasteiger partial charge in [0.2, 0.25) is 10.9 Å². The molecule has 0 saturated heterocycles. The molecular weight excluding hydrogens is 586 g/mol. The van der Waals surface area contributed by atoms with Crippen LogP contribution in [0.1, 0.15) is 53.0 Å². The summed E-state index contributed by atoms with van der Waals surface area (Å²) < 4.78 is 6.51. The Morgan fingerprint density at radius 1 is 1.10 bits per heavy atom. The molecule has 0 saturated carbocycles. The van der Waals surface area contributed by atoms with Crippen molar-refractivity contribution < 1.29 is 19.4 Å². The molecule has 40 heavy (non-hydrogen) atoms. The van der Waals surface area contributed by atoms with Crippen LogP contribution in [0.2, 0.25) is 5.02 Å². The highest BCUT2D eigenvalue weighted by Gasteiger charge is 2.46. The van der Waals surface area contributed by atoms with Crippen molar-refractivity contribution in [3.05, 3.63) is 98.4 Å². The van der Waals surface area contributed by atoms with Crippen molar-refractivity contribution in [2.45, 2.75) is 42.3 Å². The lowest BCUT2D eigenvalue weighted by atomic mass is 9.95. The fraction of sp³-hybridized carbons (Fsp3) is 0.241. The quantitative estimate of drug-likeness (QED) is 0.0753. The summed E-state index contributed by atoms with van der Waals surface area (Å²) in [6.45, 7) is 2.76. The number of unbranched alkanes of at least 4 members (excludes halogenated alkanes) is 2.